The zero-order chi connectivity index (χ0) is 23.6. The molecular weight excluding hydrogens is 501 g/mol. The molecule has 8 heteroatoms. The summed E-state index contributed by atoms with van der Waals surface area (Å²) in [7, 11) is 0. The summed E-state index contributed by atoms with van der Waals surface area (Å²) in [6.45, 7) is 2.58. The summed E-state index contributed by atoms with van der Waals surface area (Å²) in [5, 5.41) is 8.20. The van der Waals surface area contributed by atoms with Gasteiger partial charge < -0.3 is 9.80 Å². The molecule has 2 amide bonds. The maximum absolute atomic E-state index is 13.1. The highest BCUT2D eigenvalue weighted by Crippen LogP contribution is 2.20. The molecule has 0 aromatic carbocycles. The molecule has 4 nitrogen and oxygen atoms in total. The van der Waals surface area contributed by atoms with Crippen molar-refractivity contribution in [1.82, 2.24) is 9.80 Å². The van der Waals surface area contributed by atoms with Crippen molar-refractivity contribution in [3.05, 3.63) is 89.6 Å². The molecule has 0 aliphatic rings. The van der Waals surface area contributed by atoms with Crippen LogP contribution in [0.1, 0.15) is 38.8 Å². The second-order valence-corrected chi connectivity index (χ2v) is 12.1. The molecule has 178 valence electrons. The van der Waals surface area contributed by atoms with Crippen molar-refractivity contribution in [1.29, 1.82) is 0 Å². The molecule has 0 aliphatic heterocycles. The number of carbonyl (C=O) groups excluding carboxylic acids is 2. The van der Waals surface area contributed by atoms with E-state index in [-0.39, 0.29) is 11.8 Å². The zero-order valence-corrected chi connectivity index (χ0v) is 22.2. The van der Waals surface area contributed by atoms with E-state index in [0.717, 1.165) is 6.42 Å². The van der Waals surface area contributed by atoms with Crippen molar-refractivity contribution in [2.45, 2.75) is 45.3 Å². The third-order valence-corrected chi connectivity index (χ3v) is 8.99. The first-order valence-corrected chi connectivity index (χ1v) is 14.8. The van der Waals surface area contributed by atoms with Gasteiger partial charge in [-0.25, -0.2) is 0 Å². The molecule has 4 heterocycles. The highest BCUT2D eigenvalue weighted by Gasteiger charge is 2.19. The molecule has 0 bridgehead atoms. The van der Waals surface area contributed by atoms with Gasteiger partial charge in [-0.1, -0.05) is 24.3 Å². The van der Waals surface area contributed by atoms with E-state index in [0.29, 0.717) is 45.4 Å². The molecular formula is C26H28N2O2S4. The van der Waals surface area contributed by atoms with Crippen LogP contribution in [0, 0.1) is 0 Å². The lowest BCUT2D eigenvalue weighted by atomic mass is 10.2. The standard InChI is InChI=1S/C26H28N2O2S4/c29-25(27(18-22-7-3-15-32-22)13-12-21-6-2-14-31-21)10-1-11-26(30)28(19-23-8-4-16-33-23)20-24-9-5-17-34-24/h2-9,14-17H,1,10-13,18-20H2. The minimum absolute atomic E-state index is 0.109. The largest absolute Gasteiger partial charge is 0.337 e. The van der Waals surface area contributed by atoms with Crippen LogP contribution in [0.2, 0.25) is 0 Å². The molecule has 0 aliphatic carbocycles. The summed E-state index contributed by atoms with van der Waals surface area (Å²) < 4.78 is 0. The van der Waals surface area contributed by atoms with Crippen molar-refractivity contribution in [2.24, 2.45) is 0 Å². The molecule has 0 atom stereocenters. The summed E-state index contributed by atoms with van der Waals surface area (Å²) in [6, 6.07) is 16.4. The van der Waals surface area contributed by atoms with Gasteiger partial charge in [-0.3, -0.25) is 9.59 Å². The molecule has 0 unspecified atom stereocenters. The summed E-state index contributed by atoms with van der Waals surface area (Å²) in [5.41, 5.74) is 0. The Bertz CT molecular complexity index is 1070. The molecule has 4 rings (SSSR count). The fourth-order valence-electron chi connectivity index (χ4n) is 3.70. The smallest absolute Gasteiger partial charge is 0.223 e. The lowest BCUT2D eigenvalue weighted by Crippen LogP contribution is -2.33. The van der Waals surface area contributed by atoms with Gasteiger partial charge in [0.1, 0.15) is 0 Å². The number of rotatable bonds is 13. The van der Waals surface area contributed by atoms with Crippen molar-refractivity contribution < 1.29 is 9.59 Å². The molecule has 0 spiro atoms. The van der Waals surface area contributed by atoms with Crippen LogP contribution >= 0.6 is 45.3 Å². The van der Waals surface area contributed by atoms with Gasteiger partial charge in [0.25, 0.3) is 0 Å². The van der Waals surface area contributed by atoms with Gasteiger partial charge in [-0.15, -0.1) is 45.3 Å². The lowest BCUT2D eigenvalue weighted by Gasteiger charge is -2.23. The normalized spacial score (nSPS) is 10.9. The fourth-order valence-corrected chi connectivity index (χ4v) is 6.56. The Hall–Kier alpha value is -2.26. The Labute approximate surface area is 217 Å². The van der Waals surface area contributed by atoms with E-state index in [1.165, 1.54) is 19.5 Å². The predicted octanol–water partition coefficient (Wildman–Crippen LogP) is 6.90. The third-order valence-electron chi connectivity index (χ3n) is 5.48. The van der Waals surface area contributed by atoms with Crippen LogP contribution in [0.3, 0.4) is 0 Å². The second kappa shape index (κ2) is 13.0. The van der Waals surface area contributed by atoms with E-state index in [4.69, 9.17) is 0 Å². The summed E-state index contributed by atoms with van der Waals surface area (Å²) >= 11 is 6.75. The van der Waals surface area contributed by atoms with E-state index in [1.807, 2.05) is 44.1 Å². The Balaban J connectivity index is 1.31. The first kappa shape index (κ1) is 24.9. The monoisotopic (exact) mass is 528 g/mol. The topological polar surface area (TPSA) is 40.6 Å². The van der Waals surface area contributed by atoms with Crippen LogP contribution in [-0.4, -0.2) is 28.2 Å². The predicted molar refractivity (Wildman–Crippen MR) is 145 cm³/mol. The van der Waals surface area contributed by atoms with E-state index >= 15 is 0 Å². The molecule has 0 saturated heterocycles. The summed E-state index contributed by atoms with van der Waals surface area (Å²) in [4.78, 5) is 34.9. The van der Waals surface area contributed by atoms with Gasteiger partial charge in [0.15, 0.2) is 0 Å². The van der Waals surface area contributed by atoms with Gasteiger partial charge in [0, 0.05) is 38.9 Å². The molecule has 4 aromatic rings. The van der Waals surface area contributed by atoms with Crippen molar-refractivity contribution in [2.75, 3.05) is 6.54 Å². The second-order valence-electron chi connectivity index (χ2n) is 7.99. The van der Waals surface area contributed by atoms with E-state index < -0.39 is 0 Å². The van der Waals surface area contributed by atoms with Crippen LogP contribution in [0.15, 0.2) is 70.1 Å². The maximum Gasteiger partial charge on any atom is 0.223 e. The van der Waals surface area contributed by atoms with Crippen LogP contribution in [0.5, 0.6) is 0 Å². The number of nitrogens with zero attached hydrogens (tertiary/aromatic N) is 2. The molecule has 34 heavy (non-hydrogen) atoms. The summed E-state index contributed by atoms with van der Waals surface area (Å²) in [6.07, 6.45) is 2.22. The highest BCUT2D eigenvalue weighted by molar-refractivity contribution is 7.10. The third kappa shape index (κ3) is 7.63. The lowest BCUT2D eigenvalue weighted by molar-refractivity contribution is -0.133. The Morgan fingerprint density at radius 1 is 0.588 bits per heavy atom. The van der Waals surface area contributed by atoms with Gasteiger partial charge in [-0.05, 0) is 58.6 Å². The van der Waals surface area contributed by atoms with Gasteiger partial charge in [-0.2, -0.15) is 0 Å². The molecule has 0 fully saturated rings. The fraction of sp³-hybridized carbons (Fsp3) is 0.308. The van der Waals surface area contributed by atoms with E-state index in [2.05, 4.69) is 35.7 Å². The first-order valence-electron chi connectivity index (χ1n) is 11.3. The molecule has 0 radical (unpaired) electrons. The Kier molecular flexibility index (Phi) is 9.50. The number of amides is 2. The minimum Gasteiger partial charge on any atom is -0.337 e. The summed E-state index contributed by atoms with van der Waals surface area (Å²) in [5.74, 6) is 0.235. The average Bonchev–Trinajstić information content (AvgIpc) is 3.64. The number of thiophene rings is 4. The number of carbonyl (C=O) groups is 2. The van der Waals surface area contributed by atoms with Gasteiger partial charge in [0.2, 0.25) is 11.8 Å². The molecule has 4 aromatic heterocycles. The Morgan fingerprint density at radius 2 is 1.00 bits per heavy atom. The van der Waals surface area contributed by atoms with Crippen molar-refractivity contribution >= 4 is 57.2 Å². The van der Waals surface area contributed by atoms with Crippen molar-refractivity contribution in [3.63, 3.8) is 0 Å². The Morgan fingerprint density at radius 3 is 1.44 bits per heavy atom. The maximum atomic E-state index is 13.1. The van der Waals surface area contributed by atoms with E-state index in [9.17, 15) is 9.59 Å². The van der Waals surface area contributed by atoms with Crippen LogP contribution in [0.4, 0.5) is 0 Å². The van der Waals surface area contributed by atoms with E-state index in [1.54, 1.807) is 45.3 Å². The van der Waals surface area contributed by atoms with Crippen LogP contribution in [0.25, 0.3) is 0 Å². The zero-order valence-electron chi connectivity index (χ0n) is 18.9. The number of hydrogen-bond acceptors (Lipinski definition) is 6. The van der Waals surface area contributed by atoms with Crippen LogP contribution < -0.4 is 0 Å². The SMILES string of the molecule is O=C(CCCC(=O)N(Cc1cccs1)Cc1cccs1)N(CCc1cccs1)Cc1cccs1. The van der Waals surface area contributed by atoms with Gasteiger partial charge in [0.05, 0.1) is 19.6 Å². The first-order chi connectivity index (χ1) is 16.7. The highest BCUT2D eigenvalue weighted by atomic mass is 32.1. The van der Waals surface area contributed by atoms with Crippen LogP contribution in [-0.2, 0) is 35.6 Å². The molecule has 0 N–H and O–H groups in total. The van der Waals surface area contributed by atoms with Crippen molar-refractivity contribution in [3.8, 4) is 0 Å². The number of hydrogen-bond donors (Lipinski definition) is 0. The average molecular weight is 529 g/mol. The van der Waals surface area contributed by atoms with Gasteiger partial charge >= 0.3 is 0 Å². The minimum atomic E-state index is 0.109. The quantitative estimate of drug-likeness (QED) is 0.189. The molecule has 0 saturated carbocycles.